The van der Waals surface area contributed by atoms with Crippen LogP contribution in [-0.2, 0) is 14.3 Å². The molecule has 0 heterocycles. The molecule has 0 saturated heterocycles. The molecule has 0 radical (unpaired) electrons. The number of alkyl carbamates (subject to hydrolysis) is 1. The zero-order valence-electron chi connectivity index (χ0n) is 17.6. The number of rotatable bonds is 10. The van der Waals surface area contributed by atoms with Crippen molar-refractivity contribution in [1.29, 1.82) is 0 Å². The number of hydrogen-bond acceptors (Lipinski definition) is 5. The number of aliphatic carboxylic acids is 1. The lowest BCUT2D eigenvalue weighted by Gasteiger charge is -2.14. The molecule has 8 heteroatoms. The molecule has 2 aromatic carbocycles. The average Bonchev–Trinajstić information content (AvgIpc) is 3.52. The third kappa shape index (κ3) is 5.24. The Labute approximate surface area is 190 Å². The maximum absolute atomic E-state index is 12.1. The van der Waals surface area contributed by atoms with Crippen molar-refractivity contribution < 1.29 is 24.2 Å². The maximum Gasteiger partial charge on any atom is 0.407 e. The summed E-state index contributed by atoms with van der Waals surface area (Å²) in [5.41, 5.74) is 4.71. The number of nitrogens with one attached hydrogen (secondary N) is 2. The molecular formula is C24H26N2O5S. The van der Waals surface area contributed by atoms with Crippen molar-refractivity contribution in [2.45, 2.75) is 12.3 Å². The van der Waals surface area contributed by atoms with Crippen LogP contribution in [0.4, 0.5) is 4.79 Å². The fourth-order valence-electron chi connectivity index (χ4n) is 4.11. The van der Waals surface area contributed by atoms with Crippen molar-refractivity contribution in [3.8, 4) is 11.1 Å². The van der Waals surface area contributed by atoms with Crippen LogP contribution in [0.5, 0.6) is 0 Å². The van der Waals surface area contributed by atoms with Crippen LogP contribution in [0, 0.1) is 11.8 Å². The number of carboxylic acids is 1. The molecule has 1 fully saturated rings. The van der Waals surface area contributed by atoms with Crippen LogP contribution in [0.1, 0.15) is 23.5 Å². The molecule has 168 valence electrons. The van der Waals surface area contributed by atoms with E-state index >= 15 is 0 Å². The van der Waals surface area contributed by atoms with E-state index in [2.05, 4.69) is 34.9 Å². The number of benzene rings is 2. The van der Waals surface area contributed by atoms with Gasteiger partial charge in [-0.3, -0.25) is 9.59 Å². The lowest BCUT2D eigenvalue weighted by Crippen LogP contribution is -2.30. The van der Waals surface area contributed by atoms with Crippen molar-refractivity contribution in [2.24, 2.45) is 11.8 Å². The highest BCUT2D eigenvalue weighted by Gasteiger charge is 2.42. The van der Waals surface area contributed by atoms with Gasteiger partial charge in [0, 0.05) is 24.8 Å². The molecule has 2 atom stereocenters. The lowest BCUT2D eigenvalue weighted by molar-refractivity contribution is -0.139. The first-order valence-electron chi connectivity index (χ1n) is 10.7. The molecule has 0 aromatic heterocycles. The summed E-state index contributed by atoms with van der Waals surface area (Å²) in [5.74, 6) is -0.292. The summed E-state index contributed by atoms with van der Waals surface area (Å²) < 4.78 is 5.48. The molecule has 2 unspecified atom stereocenters. The molecule has 2 amide bonds. The molecule has 7 nitrogen and oxygen atoms in total. The van der Waals surface area contributed by atoms with Gasteiger partial charge in [-0.15, -0.1) is 0 Å². The van der Waals surface area contributed by atoms with Gasteiger partial charge >= 0.3 is 12.1 Å². The van der Waals surface area contributed by atoms with Crippen LogP contribution in [0.15, 0.2) is 48.5 Å². The molecule has 3 N–H and O–H groups in total. The van der Waals surface area contributed by atoms with Gasteiger partial charge in [0.2, 0.25) is 5.91 Å². The van der Waals surface area contributed by atoms with Crippen LogP contribution < -0.4 is 10.6 Å². The number of thioether (sulfide) groups is 1. The highest BCUT2D eigenvalue weighted by molar-refractivity contribution is 7.99. The second-order valence-corrected chi connectivity index (χ2v) is 9.15. The second-order valence-electron chi connectivity index (χ2n) is 8.05. The molecule has 0 bridgehead atoms. The molecule has 0 spiro atoms. The fourth-order valence-corrected chi connectivity index (χ4v) is 4.79. The summed E-state index contributed by atoms with van der Waals surface area (Å²) in [5, 5.41) is 14.3. The average molecular weight is 455 g/mol. The zero-order valence-corrected chi connectivity index (χ0v) is 18.4. The summed E-state index contributed by atoms with van der Waals surface area (Å²) >= 11 is 1.41. The van der Waals surface area contributed by atoms with Gasteiger partial charge in [-0.2, -0.15) is 11.8 Å². The van der Waals surface area contributed by atoms with E-state index in [4.69, 9.17) is 9.84 Å². The van der Waals surface area contributed by atoms with E-state index in [1.54, 1.807) is 0 Å². The van der Waals surface area contributed by atoms with Crippen molar-refractivity contribution in [1.82, 2.24) is 10.6 Å². The van der Waals surface area contributed by atoms with Crippen molar-refractivity contribution >= 4 is 29.7 Å². The zero-order chi connectivity index (χ0) is 22.5. The minimum atomic E-state index is -0.794. The number of fused-ring (bicyclic) bond motifs is 3. The highest BCUT2D eigenvalue weighted by Crippen LogP contribution is 2.44. The predicted octanol–water partition coefficient (Wildman–Crippen LogP) is 3.10. The third-order valence-corrected chi connectivity index (χ3v) is 6.85. The van der Waals surface area contributed by atoms with Gasteiger partial charge in [0.25, 0.3) is 0 Å². The molecule has 2 aromatic rings. The Bertz CT molecular complexity index is 966. The van der Waals surface area contributed by atoms with Gasteiger partial charge in [-0.25, -0.2) is 4.79 Å². The van der Waals surface area contributed by atoms with Crippen LogP contribution in [-0.4, -0.2) is 54.3 Å². The maximum atomic E-state index is 12.1. The van der Waals surface area contributed by atoms with Gasteiger partial charge in [-0.05, 0) is 34.6 Å². The fraction of sp³-hybridized carbons (Fsp3) is 0.375. The number of ether oxygens (including phenoxy) is 1. The van der Waals surface area contributed by atoms with Crippen LogP contribution in [0.2, 0.25) is 0 Å². The van der Waals surface area contributed by atoms with E-state index in [-0.39, 0.29) is 36.0 Å². The van der Waals surface area contributed by atoms with E-state index in [9.17, 15) is 14.4 Å². The van der Waals surface area contributed by atoms with Gasteiger partial charge in [0.1, 0.15) is 6.61 Å². The molecule has 0 aliphatic heterocycles. The Morgan fingerprint density at radius 2 is 1.66 bits per heavy atom. The molecule has 2 aliphatic rings. The lowest BCUT2D eigenvalue weighted by atomic mass is 9.98. The van der Waals surface area contributed by atoms with Crippen LogP contribution in [0.25, 0.3) is 11.1 Å². The normalized spacial score (nSPS) is 18.4. The van der Waals surface area contributed by atoms with Crippen molar-refractivity contribution in [2.75, 3.05) is 31.2 Å². The number of hydrogen-bond donors (Lipinski definition) is 3. The van der Waals surface area contributed by atoms with E-state index < -0.39 is 12.1 Å². The summed E-state index contributed by atoms with van der Waals surface area (Å²) in [6.45, 7) is 1.08. The van der Waals surface area contributed by atoms with Crippen molar-refractivity contribution in [3.63, 3.8) is 0 Å². The van der Waals surface area contributed by atoms with Crippen LogP contribution >= 0.6 is 11.8 Å². The molecule has 32 heavy (non-hydrogen) atoms. The first kappa shape index (κ1) is 22.2. The highest BCUT2D eigenvalue weighted by atomic mass is 32.2. The van der Waals surface area contributed by atoms with E-state index in [0.29, 0.717) is 25.3 Å². The largest absolute Gasteiger partial charge is 0.481 e. The van der Waals surface area contributed by atoms with Crippen molar-refractivity contribution in [3.05, 3.63) is 59.7 Å². The Balaban J connectivity index is 1.12. The summed E-state index contributed by atoms with van der Waals surface area (Å²) in [6, 6.07) is 16.4. The number of amides is 2. The Morgan fingerprint density at radius 3 is 2.28 bits per heavy atom. The molecule has 4 rings (SSSR count). The standard InChI is InChI=1S/C24H26N2O5S/c27-22(26-12-15-11-20(15)23(28)29)14-32-10-9-25-24(30)31-13-21-18-7-3-1-5-16(18)17-6-2-4-8-19(17)21/h1-8,15,20-21H,9-14H2,(H,25,30)(H,26,27)(H,28,29). The molecule has 1 saturated carbocycles. The van der Waals surface area contributed by atoms with Gasteiger partial charge in [0.05, 0.1) is 11.7 Å². The summed E-state index contributed by atoms with van der Waals surface area (Å²) in [6.07, 6.45) is 0.165. The molecule has 2 aliphatic carbocycles. The SMILES string of the molecule is O=C(CSCCNC(=O)OCC1c2ccccc2-c2ccccc21)NCC1CC1C(=O)O. The van der Waals surface area contributed by atoms with Gasteiger partial charge < -0.3 is 20.5 Å². The number of carboxylic acid groups (broad SMARTS) is 1. The van der Waals surface area contributed by atoms with Gasteiger partial charge in [-0.1, -0.05) is 48.5 Å². The predicted molar refractivity (Wildman–Crippen MR) is 123 cm³/mol. The van der Waals surface area contributed by atoms with E-state index in [1.165, 1.54) is 34.0 Å². The van der Waals surface area contributed by atoms with Crippen LogP contribution in [0.3, 0.4) is 0 Å². The Hall–Kier alpha value is -3.00. The minimum Gasteiger partial charge on any atom is -0.481 e. The van der Waals surface area contributed by atoms with E-state index in [0.717, 1.165) is 0 Å². The Morgan fingerprint density at radius 1 is 1.00 bits per heavy atom. The third-order valence-electron chi connectivity index (χ3n) is 5.89. The smallest absolute Gasteiger partial charge is 0.407 e. The minimum absolute atomic E-state index is 0.0263. The quantitative estimate of drug-likeness (QED) is 0.477. The summed E-state index contributed by atoms with van der Waals surface area (Å²) in [4.78, 5) is 34.7. The Kier molecular flexibility index (Phi) is 6.99. The topological polar surface area (TPSA) is 105 Å². The number of carbonyl (C=O) groups excluding carboxylic acids is 2. The van der Waals surface area contributed by atoms with E-state index in [1.807, 2.05) is 24.3 Å². The first-order chi connectivity index (χ1) is 15.5. The molecular weight excluding hydrogens is 428 g/mol. The second kappa shape index (κ2) is 10.1. The first-order valence-corrected chi connectivity index (χ1v) is 11.9. The monoisotopic (exact) mass is 454 g/mol. The summed E-state index contributed by atoms with van der Waals surface area (Å²) in [7, 11) is 0. The number of carbonyl (C=O) groups is 3. The van der Waals surface area contributed by atoms with Gasteiger partial charge in [0.15, 0.2) is 0 Å².